The topological polar surface area (TPSA) is 56.1 Å². The number of imidazole rings is 1. The van der Waals surface area contributed by atoms with Gasteiger partial charge in [-0.1, -0.05) is 54.6 Å². The lowest BCUT2D eigenvalue weighted by molar-refractivity contribution is -0.114. The zero-order chi connectivity index (χ0) is 22.9. The third kappa shape index (κ3) is 6.77. The summed E-state index contributed by atoms with van der Waals surface area (Å²) in [6.45, 7) is 3.03. The molecule has 5 heteroatoms. The molecule has 170 valence electrons. The van der Waals surface area contributed by atoms with E-state index in [-0.39, 0.29) is 12.0 Å². The Kier molecular flexibility index (Phi) is 7.88. The second-order valence-electron chi connectivity index (χ2n) is 8.41. The summed E-state index contributed by atoms with van der Waals surface area (Å²) in [5, 5.41) is 5.41. The third-order valence-corrected chi connectivity index (χ3v) is 5.83. The zero-order valence-corrected chi connectivity index (χ0v) is 19.1. The van der Waals surface area contributed by atoms with Gasteiger partial charge in [0.05, 0.1) is 12.4 Å². The van der Waals surface area contributed by atoms with E-state index in [2.05, 4.69) is 69.5 Å². The molecule has 0 bridgehead atoms. The molecule has 0 spiro atoms. The Morgan fingerprint density at radius 2 is 1.85 bits per heavy atom. The largest absolute Gasteiger partial charge is 0.376 e. The maximum Gasteiger partial charge on any atom is 0.221 e. The van der Waals surface area contributed by atoms with Crippen molar-refractivity contribution < 1.29 is 9.53 Å². The van der Waals surface area contributed by atoms with Crippen molar-refractivity contribution in [2.45, 2.75) is 45.3 Å². The van der Waals surface area contributed by atoms with Crippen LogP contribution in [0.25, 0.3) is 10.8 Å². The number of aryl methyl sites for hydroxylation is 2. The first-order chi connectivity index (χ1) is 16.2. The predicted molar refractivity (Wildman–Crippen MR) is 133 cm³/mol. The van der Waals surface area contributed by atoms with E-state index in [1.807, 2.05) is 30.9 Å². The van der Waals surface area contributed by atoms with E-state index in [1.165, 1.54) is 28.8 Å². The van der Waals surface area contributed by atoms with Gasteiger partial charge in [0.15, 0.2) is 0 Å². The Balaban J connectivity index is 1.31. The van der Waals surface area contributed by atoms with E-state index < -0.39 is 0 Å². The van der Waals surface area contributed by atoms with Gasteiger partial charge >= 0.3 is 0 Å². The van der Waals surface area contributed by atoms with Crippen LogP contribution in [0, 0.1) is 0 Å². The minimum atomic E-state index is -0.0522. The number of carbonyl (C=O) groups is 1. The van der Waals surface area contributed by atoms with Crippen LogP contribution < -0.4 is 5.32 Å². The maximum atomic E-state index is 11.2. The lowest BCUT2D eigenvalue weighted by Crippen LogP contribution is -2.21. The second-order valence-corrected chi connectivity index (χ2v) is 8.41. The van der Waals surface area contributed by atoms with Gasteiger partial charge in [-0.2, -0.15) is 0 Å². The van der Waals surface area contributed by atoms with Crippen molar-refractivity contribution in [1.82, 2.24) is 9.55 Å². The smallest absolute Gasteiger partial charge is 0.221 e. The predicted octanol–water partition coefficient (Wildman–Crippen LogP) is 5.65. The van der Waals surface area contributed by atoms with Gasteiger partial charge in [0, 0.05) is 38.2 Å². The molecular weight excluding hydrogens is 410 g/mol. The first-order valence-corrected chi connectivity index (χ1v) is 11.6. The van der Waals surface area contributed by atoms with Crippen molar-refractivity contribution in [3.05, 3.63) is 96.6 Å². The van der Waals surface area contributed by atoms with E-state index in [0.29, 0.717) is 6.61 Å². The molecule has 0 aliphatic rings. The molecule has 0 saturated carbocycles. The number of hydrogen-bond donors (Lipinski definition) is 1. The average molecular weight is 442 g/mol. The van der Waals surface area contributed by atoms with Crippen LogP contribution >= 0.6 is 0 Å². The molecule has 1 unspecified atom stereocenters. The lowest BCUT2D eigenvalue weighted by atomic mass is 9.99. The monoisotopic (exact) mass is 441 g/mol. The molecule has 1 heterocycles. The molecule has 4 rings (SSSR count). The molecule has 1 amide bonds. The molecule has 1 N–H and O–H groups in total. The minimum Gasteiger partial charge on any atom is -0.376 e. The lowest BCUT2D eigenvalue weighted by Gasteiger charge is -2.19. The number of ether oxygens (including phenoxy) is 1. The summed E-state index contributed by atoms with van der Waals surface area (Å²) in [5.41, 5.74) is 3.44. The summed E-state index contributed by atoms with van der Waals surface area (Å²) < 4.78 is 8.43. The fraction of sp³-hybridized carbons (Fsp3) is 0.286. The third-order valence-electron chi connectivity index (χ3n) is 5.83. The van der Waals surface area contributed by atoms with Crippen LogP contribution in [-0.2, 0) is 28.9 Å². The maximum absolute atomic E-state index is 11.2. The summed E-state index contributed by atoms with van der Waals surface area (Å²) in [6, 6.07) is 23.1. The van der Waals surface area contributed by atoms with Crippen LogP contribution in [0.3, 0.4) is 0 Å². The first-order valence-electron chi connectivity index (χ1n) is 11.6. The molecule has 0 radical (unpaired) electrons. The van der Waals surface area contributed by atoms with Crippen LogP contribution in [0.5, 0.6) is 0 Å². The Morgan fingerprint density at radius 3 is 2.64 bits per heavy atom. The number of amides is 1. The zero-order valence-electron chi connectivity index (χ0n) is 19.1. The average Bonchev–Trinajstić information content (AvgIpc) is 3.34. The molecular formula is C28H31N3O2. The number of anilines is 1. The Hall–Kier alpha value is -3.44. The molecule has 3 aromatic carbocycles. The summed E-state index contributed by atoms with van der Waals surface area (Å²) in [5.74, 6) is -0.0522. The quantitative estimate of drug-likeness (QED) is 0.306. The van der Waals surface area contributed by atoms with Crippen LogP contribution in [0.1, 0.15) is 30.9 Å². The van der Waals surface area contributed by atoms with Crippen molar-refractivity contribution in [1.29, 1.82) is 0 Å². The number of benzene rings is 3. The Labute approximate surface area is 195 Å². The highest BCUT2D eigenvalue weighted by molar-refractivity contribution is 5.88. The van der Waals surface area contributed by atoms with Crippen molar-refractivity contribution in [2.24, 2.45) is 0 Å². The first kappa shape index (κ1) is 22.7. The van der Waals surface area contributed by atoms with Gasteiger partial charge in [-0.15, -0.1) is 0 Å². The van der Waals surface area contributed by atoms with Crippen molar-refractivity contribution >= 4 is 22.4 Å². The summed E-state index contributed by atoms with van der Waals surface area (Å²) in [7, 11) is 0. The van der Waals surface area contributed by atoms with Crippen LogP contribution in [0.15, 0.2) is 85.5 Å². The van der Waals surface area contributed by atoms with Crippen LogP contribution in [-0.4, -0.2) is 28.2 Å². The molecule has 1 atom stereocenters. The van der Waals surface area contributed by atoms with E-state index in [0.717, 1.165) is 37.9 Å². The fourth-order valence-electron chi connectivity index (χ4n) is 4.17. The minimum absolute atomic E-state index is 0.0522. The van der Waals surface area contributed by atoms with Crippen molar-refractivity contribution in [2.75, 3.05) is 11.9 Å². The standard InChI is InChI=1S/C28H31N3O2/c1-22(32)30-26-14-11-23(12-15-26)6-5-19-33-27(20-31-18-17-29-21-31)16-13-25-9-4-8-24-7-2-3-10-28(24)25/h2-4,7-12,14-15,17-18,21,27H,5-6,13,16,19-20H2,1H3,(H,30,32). The molecule has 4 aromatic rings. The molecule has 1 aromatic heterocycles. The summed E-state index contributed by atoms with van der Waals surface area (Å²) >= 11 is 0. The van der Waals surface area contributed by atoms with E-state index in [4.69, 9.17) is 4.74 Å². The molecule has 0 saturated heterocycles. The SMILES string of the molecule is CC(=O)Nc1ccc(CCCOC(CCc2cccc3ccccc23)Cn2ccnc2)cc1. The fourth-order valence-corrected chi connectivity index (χ4v) is 4.17. The van der Waals surface area contributed by atoms with Crippen LogP contribution in [0.2, 0.25) is 0 Å². The van der Waals surface area contributed by atoms with E-state index >= 15 is 0 Å². The molecule has 0 aliphatic heterocycles. The van der Waals surface area contributed by atoms with Crippen LogP contribution in [0.4, 0.5) is 5.69 Å². The summed E-state index contributed by atoms with van der Waals surface area (Å²) in [4.78, 5) is 15.3. The number of hydrogen-bond acceptors (Lipinski definition) is 3. The van der Waals surface area contributed by atoms with Gasteiger partial charge in [-0.05, 0) is 59.7 Å². The van der Waals surface area contributed by atoms with Gasteiger partial charge in [-0.25, -0.2) is 4.98 Å². The highest BCUT2D eigenvalue weighted by atomic mass is 16.5. The number of nitrogens with zero attached hydrogens (tertiary/aromatic N) is 2. The highest BCUT2D eigenvalue weighted by Gasteiger charge is 2.12. The number of nitrogens with one attached hydrogen (secondary N) is 1. The Morgan fingerprint density at radius 1 is 1.03 bits per heavy atom. The van der Waals surface area contributed by atoms with Crippen molar-refractivity contribution in [3.8, 4) is 0 Å². The highest BCUT2D eigenvalue weighted by Crippen LogP contribution is 2.21. The molecule has 33 heavy (non-hydrogen) atoms. The second kappa shape index (κ2) is 11.4. The van der Waals surface area contributed by atoms with Crippen molar-refractivity contribution in [3.63, 3.8) is 0 Å². The number of fused-ring (bicyclic) bond motifs is 1. The normalized spacial score (nSPS) is 12.0. The molecule has 0 aliphatic carbocycles. The van der Waals surface area contributed by atoms with Gasteiger partial charge < -0.3 is 14.6 Å². The van der Waals surface area contributed by atoms with Gasteiger partial charge in [0.2, 0.25) is 5.91 Å². The number of carbonyl (C=O) groups excluding carboxylic acids is 1. The number of aromatic nitrogens is 2. The van der Waals surface area contributed by atoms with Gasteiger partial charge in [-0.3, -0.25) is 4.79 Å². The van der Waals surface area contributed by atoms with E-state index in [1.54, 1.807) is 0 Å². The van der Waals surface area contributed by atoms with E-state index in [9.17, 15) is 4.79 Å². The molecule has 5 nitrogen and oxygen atoms in total. The summed E-state index contributed by atoms with van der Waals surface area (Å²) in [6.07, 6.45) is 9.61. The van der Waals surface area contributed by atoms with Gasteiger partial charge in [0.25, 0.3) is 0 Å². The number of rotatable bonds is 11. The molecule has 0 fully saturated rings. The Bertz CT molecular complexity index is 1150. The van der Waals surface area contributed by atoms with Gasteiger partial charge in [0.1, 0.15) is 0 Å².